The molecule has 1 aromatic rings. The van der Waals surface area contributed by atoms with E-state index in [4.69, 9.17) is 0 Å². The number of nitrogens with zero attached hydrogens (tertiary/aromatic N) is 1. The molecule has 1 aliphatic carbocycles. The highest BCUT2D eigenvalue weighted by atomic mass is 32.2. The Bertz CT molecular complexity index is 533. The maximum atomic E-state index is 12.4. The van der Waals surface area contributed by atoms with Gasteiger partial charge in [0.25, 0.3) is 0 Å². The zero-order valence-corrected chi connectivity index (χ0v) is 13.4. The lowest BCUT2D eigenvalue weighted by molar-refractivity contribution is 0.468. The average molecular weight is 302 g/mol. The molecule has 0 aromatic carbocycles. The van der Waals surface area contributed by atoms with Gasteiger partial charge in [-0.2, -0.15) is 0 Å². The number of sulfonamides is 1. The molecule has 1 saturated carbocycles. The first-order valence-electron chi connectivity index (χ1n) is 6.74. The van der Waals surface area contributed by atoms with E-state index in [0.717, 1.165) is 22.7 Å². The van der Waals surface area contributed by atoms with Crippen LogP contribution in [-0.4, -0.2) is 32.4 Å². The second-order valence-corrected chi connectivity index (χ2v) is 8.47. The molecular formula is C13H22N2O2S2. The first-order valence-corrected chi connectivity index (χ1v) is 9.00. The zero-order valence-electron chi connectivity index (χ0n) is 11.8. The van der Waals surface area contributed by atoms with Crippen LogP contribution in [0.4, 0.5) is 0 Å². The van der Waals surface area contributed by atoms with Crippen molar-refractivity contribution in [2.75, 3.05) is 13.6 Å². The van der Waals surface area contributed by atoms with Crippen LogP contribution in [0.2, 0.25) is 0 Å². The van der Waals surface area contributed by atoms with Gasteiger partial charge in [-0.05, 0) is 32.3 Å². The Kier molecular flexibility index (Phi) is 4.66. The van der Waals surface area contributed by atoms with Crippen molar-refractivity contribution in [3.05, 3.63) is 15.8 Å². The van der Waals surface area contributed by atoms with E-state index in [0.29, 0.717) is 17.5 Å². The topological polar surface area (TPSA) is 49.4 Å². The molecule has 1 aromatic heterocycles. The fraction of sp³-hybridized carbons (Fsp3) is 0.692. The highest BCUT2D eigenvalue weighted by molar-refractivity contribution is 7.89. The molecule has 2 rings (SSSR count). The minimum Gasteiger partial charge on any atom is -0.309 e. The Labute approximate surface area is 119 Å². The largest absolute Gasteiger partial charge is 0.309 e. The maximum absolute atomic E-state index is 12.4. The van der Waals surface area contributed by atoms with Crippen LogP contribution in [0.15, 0.2) is 11.0 Å². The van der Waals surface area contributed by atoms with Gasteiger partial charge in [0, 0.05) is 35.9 Å². The van der Waals surface area contributed by atoms with Crippen LogP contribution in [-0.2, 0) is 16.6 Å². The van der Waals surface area contributed by atoms with Crippen LogP contribution in [0.1, 0.15) is 35.9 Å². The molecule has 1 fully saturated rings. The minimum absolute atomic E-state index is 0.473. The molecule has 1 aliphatic rings. The summed E-state index contributed by atoms with van der Waals surface area (Å²) in [5.74, 6) is 0. The van der Waals surface area contributed by atoms with Gasteiger partial charge in [-0.15, -0.1) is 11.3 Å². The van der Waals surface area contributed by atoms with Gasteiger partial charge in [-0.1, -0.05) is 6.92 Å². The number of thiophene rings is 1. The van der Waals surface area contributed by atoms with Crippen LogP contribution >= 0.6 is 11.3 Å². The van der Waals surface area contributed by atoms with Crippen LogP contribution in [0, 0.1) is 6.92 Å². The molecule has 1 heterocycles. The summed E-state index contributed by atoms with van der Waals surface area (Å²) in [7, 11) is -1.67. The van der Waals surface area contributed by atoms with E-state index in [1.165, 1.54) is 17.1 Å². The third-order valence-corrected chi connectivity index (χ3v) is 6.46. The van der Waals surface area contributed by atoms with Crippen molar-refractivity contribution in [2.24, 2.45) is 0 Å². The molecule has 0 spiro atoms. The Morgan fingerprint density at radius 1 is 1.47 bits per heavy atom. The molecule has 6 heteroatoms. The van der Waals surface area contributed by atoms with E-state index < -0.39 is 10.0 Å². The van der Waals surface area contributed by atoms with Gasteiger partial charge in [0.2, 0.25) is 10.0 Å². The van der Waals surface area contributed by atoms with E-state index in [-0.39, 0.29) is 0 Å². The summed E-state index contributed by atoms with van der Waals surface area (Å²) < 4.78 is 26.3. The van der Waals surface area contributed by atoms with Gasteiger partial charge in [-0.25, -0.2) is 12.7 Å². The highest BCUT2D eigenvalue weighted by Gasteiger charge is 2.25. The Balaban J connectivity index is 2.14. The van der Waals surface area contributed by atoms with Gasteiger partial charge >= 0.3 is 0 Å². The Morgan fingerprint density at radius 2 is 2.16 bits per heavy atom. The predicted octanol–water partition coefficient (Wildman–Crippen LogP) is 2.34. The van der Waals surface area contributed by atoms with Crippen LogP contribution in [0.5, 0.6) is 0 Å². The summed E-state index contributed by atoms with van der Waals surface area (Å²) in [6.07, 6.45) is 3.32. The molecule has 0 bridgehead atoms. The Hall–Kier alpha value is -0.430. The summed E-state index contributed by atoms with van der Waals surface area (Å²) in [5.41, 5.74) is 0. The first-order chi connectivity index (χ1) is 8.95. The fourth-order valence-electron chi connectivity index (χ4n) is 2.00. The number of aryl methyl sites for hydroxylation is 1. The smallest absolute Gasteiger partial charge is 0.243 e. The Morgan fingerprint density at radius 3 is 2.74 bits per heavy atom. The number of rotatable bonds is 7. The lowest BCUT2D eigenvalue weighted by Crippen LogP contribution is -2.27. The van der Waals surface area contributed by atoms with Crippen molar-refractivity contribution in [2.45, 2.75) is 50.6 Å². The number of hydrogen-bond acceptors (Lipinski definition) is 4. The van der Waals surface area contributed by atoms with E-state index in [9.17, 15) is 8.42 Å². The molecule has 0 saturated heterocycles. The average Bonchev–Trinajstić information content (AvgIpc) is 3.10. The lowest BCUT2D eigenvalue weighted by Gasteiger charge is -2.15. The van der Waals surface area contributed by atoms with Crippen LogP contribution < -0.4 is 5.32 Å². The predicted molar refractivity (Wildman–Crippen MR) is 79.0 cm³/mol. The molecule has 108 valence electrons. The summed E-state index contributed by atoms with van der Waals surface area (Å²) >= 11 is 1.58. The second kappa shape index (κ2) is 5.91. The van der Waals surface area contributed by atoms with Crippen LogP contribution in [0.25, 0.3) is 0 Å². The fourth-order valence-corrected chi connectivity index (χ4v) is 4.82. The summed E-state index contributed by atoms with van der Waals surface area (Å²) in [6, 6.07) is 2.47. The molecule has 0 amide bonds. The van der Waals surface area contributed by atoms with Crippen LogP contribution in [0.3, 0.4) is 0 Å². The van der Waals surface area contributed by atoms with Crippen molar-refractivity contribution in [3.8, 4) is 0 Å². The van der Waals surface area contributed by atoms with Crippen molar-refractivity contribution >= 4 is 21.4 Å². The van der Waals surface area contributed by atoms with Crippen molar-refractivity contribution in [3.63, 3.8) is 0 Å². The molecule has 19 heavy (non-hydrogen) atoms. The first kappa shape index (κ1) is 15.0. The van der Waals surface area contributed by atoms with E-state index >= 15 is 0 Å². The number of nitrogens with one attached hydrogen (secondary N) is 1. The zero-order chi connectivity index (χ0) is 14.0. The van der Waals surface area contributed by atoms with Crippen molar-refractivity contribution < 1.29 is 8.42 Å². The van der Waals surface area contributed by atoms with Gasteiger partial charge < -0.3 is 5.32 Å². The van der Waals surface area contributed by atoms with Crippen molar-refractivity contribution in [1.29, 1.82) is 0 Å². The summed E-state index contributed by atoms with van der Waals surface area (Å²) in [6.45, 7) is 5.21. The molecule has 0 radical (unpaired) electrons. The third-order valence-electron chi connectivity index (χ3n) is 3.29. The lowest BCUT2D eigenvalue weighted by atomic mass is 10.4. The summed E-state index contributed by atoms with van der Waals surface area (Å²) in [4.78, 5) is 2.46. The van der Waals surface area contributed by atoms with Gasteiger partial charge in [0.1, 0.15) is 0 Å². The summed E-state index contributed by atoms with van der Waals surface area (Å²) in [5, 5.41) is 3.42. The maximum Gasteiger partial charge on any atom is 0.243 e. The molecule has 0 unspecified atom stereocenters. The van der Waals surface area contributed by atoms with Gasteiger partial charge in [0.05, 0.1) is 4.90 Å². The van der Waals surface area contributed by atoms with Gasteiger partial charge in [0.15, 0.2) is 0 Å². The van der Waals surface area contributed by atoms with Crippen molar-refractivity contribution in [1.82, 2.24) is 9.62 Å². The normalized spacial score (nSPS) is 16.2. The van der Waals surface area contributed by atoms with E-state index in [1.54, 1.807) is 18.4 Å². The molecule has 0 aliphatic heterocycles. The molecule has 1 N–H and O–H groups in total. The van der Waals surface area contributed by atoms with E-state index in [1.807, 2.05) is 19.9 Å². The third kappa shape index (κ3) is 3.56. The highest BCUT2D eigenvalue weighted by Crippen LogP contribution is 2.28. The van der Waals surface area contributed by atoms with E-state index in [2.05, 4.69) is 5.32 Å². The second-order valence-electron chi connectivity index (χ2n) is 5.11. The number of hydrogen-bond donors (Lipinski definition) is 1. The van der Waals surface area contributed by atoms with Gasteiger partial charge in [-0.3, -0.25) is 0 Å². The monoisotopic (exact) mass is 302 g/mol. The minimum atomic E-state index is -3.32. The molecule has 0 atom stereocenters. The quantitative estimate of drug-likeness (QED) is 0.841. The SMILES string of the molecule is CCCN(C)S(=O)(=O)c1cc(CNC2CC2)sc1C. The molecule has 4 nitrogen and oxygen atoms in total. The standard InChI is InChI=1S/C13H22N2O2S2/c1-4-7-15(3)19(16,17)13-8-12(18-10(13)2)9-14-11-5-6-11/h8,11,14H,4-7,9H2,1-3H3. The molecular weight excluding hydrogens is 280 g/mol.